The summed E-state index contributed by atoms with van der Waals surface area (Å²) < 4.78 is 27.7. The third-order valence-electron chi connectivity index (χ3n) is 4.37. The minimum Gasteiger partial charge on any atom is -0.299 e. The Kier molecular flexibility index (Phi) is 5.56. The van der Waals surface area contributed by atoms with Crippen molar-refractivity contribution in [2.75, 3.05) is 0 Å². The summed E-state index contributed by atoms with van der Waals surface area (Å²) in [7, 11) is 0. The summed E-state index contributed by atoms with van der Waals surface area (Å²) in [6.45, 7) is 0. The van der Waals surface area contributed by atoms with Crippen LogP contribution in [-0.4, -0.2) is 30.9 Å². The van der Waals surface area contributed by atoms with Crippen LogP contribution in [0.4, 0.5) is 8.78 Å². The molecule has 0 bridgehead atoms. The van der Waals surface area contributed by atoms with Gasteiger partial charge in [-0.2, -0.15) is 14.6 Å². The Hall–Kier alpha value is -3.94. The Morgan fingerprint density at radius 3 is 2.47 bits per heavy atom. The quantitative estimate of drug-likeness (QED) is 0.458. The monoisotopic (exact) mass is 403 g/mol. The molecule has 8 heteroatoms. The zero-order chi connectivity index (χ0) is 20.9. The van der Waals surface area contributed by atoms with Crippen molar-refractivity contribution >= 4 is 5.78 Å². The Bertz CT molecular complexity index is 1180. The minimum absolute atomic E-state index is 0.00812. The molecular weight excluding hydrogens is 388 g/mol. The summed E-state index contributed by atoms with van der Waals surface area (Å²) in [6, 6.07) is 11.0. The van der Waals surface area contributed by atoms with Gasteiger partial charge in [0.1, 0.15) is 17.3 Å². The van der Waals surface area contributed by atoms with E-state index in [-0.39, 0.29) is 29.9 Å². The average molecular weight is 403 g/mol. The number of pyridine rings is 3. The lowest BCUT2D eigenvalue weighted by atomic mass is 10.0. The lowest BCUT2D eigenvalue weighted by molar-refractivity contribution is -0.117. The number of aromatic nitrogens is 5. The first-order valence-corrected chi connectivity index (χ1v) is 9.09. The number of carbonyl (C=O) groups is 1. The largest absolute Gasteiger partial charge is 0.299 e. The van der Waals surface area contributed by atoms with Crippen molar-refractivity contribution in [1.82, 2.24) is 25.1 Å². The lowest BCUT2D eigenvalue weighted by Gasteiger charge is -2.06. The van der Waals surface area contributed by atoms with Crippen molar-refractivity contribution in [3.8, 4) is 22.5 Å². The van der Waals surface area contributed by atoms with Gasteiger partial charge in [-0.15, -0.1) is 0 Å². The second kappa shape index (κ2) is 8.60. The van der Waals surface area contributed by atoms with Crippen molar-refractivity contribution in [2.45, 2.75) is 12.8 Å². The molecule has 0 aliphatic rings. The molecule has 4 rings (SSSR count). The fourth-order valence-electron chi connectivity index (χ4n) is 2.96. The number of hydrogen-bond donors (Lipinski definition) is 0. The van der Waals surface area contributed by atoms with E-state index < -0.39 is 11.8 Å². The Balaban J connectivity index is 1.42. The van der Waals surface area contributed by atoms with E-state index in [0.717, 1.165) is 11.6 Å². The molecule has 0 radical (unpaired) electrons. The van der Waals surface area contributed by atoms with Crippen LogP contribution in [0.5, 0.6) is 0 Å². The van der Waals surface area contributed by atoms with Gasteiger partial charge < -0.3 is 0 Å². The average Bonchev–Trinajstić information content (AvgIpc) is 2.75. The van der Waals surface area contributed by atoms with Gasteiger partial charge >= 0.3 is 0 Å². The second-order valence-corrected chi connectivity index (χ2v) is 6.58. The van der Waals surface area contributed by atoms with Crippen LogP contribution in [0.1, 0.15) is 11.3 Å². The van der Waals surface area contributed by atoms with Gasteiger partial charge in [0, 0.05) is 60.5 Å². The molecule has 0 aromatic carbocycles. The van der Waals surface area contributed by atoms with Gasteiger partial charge in [0.15, 0.2) is 0 Å². The SMILES string of the molecule is O=C(Cc1cnc(-c2ccnc(F)c2)c(F)c1)Cc1ccc(-c2cccnn2)cn1. The standard InChI is InChI=1S/C22H15F2N5O/c23-19-9-14(12-27-22(19)15-5-7-25-21(24)10-15)8-18(30)11-17-4-3-16(13-26-17)20-2-1-6-28-29-20/h1-7,9-10,12-13H,8,11H2. The topological polar surface area (TPSA) is 81.5 Å². The van der Waals surface area contributed by atoms with E-state index >= 15 is 0 Å². The van der Waals surface area contributed by atoms with Crippen LogP contribution in [0.25, 0.3) is 22.5 Å². The number of nitrogens with zero attached hydrogens (tertiary/aromatic N) is 5. The fourth-order valence-corrected chi connectivity index (χ4v) is 2.96. The molecule has 0 saturated carbocycles. The summed E-state index contributed by atoms with van der Waals surface area (Å²) in [5, 5.41) is 7.84. The lowest BCUT2D eigenvalue weighted by Crippen LogP contribution is -2.08. The molecule has 0 aliphatic heterocycles. The number of halogens is 2. The van der Waals surface area contributed by atoms with E-state index in [1.54, 1.807) is 24.5 Å². The zero-order valence-corrected chi connectivity index (χ0v) is 15.7. The highest BCUT2D eigenvalue weighted by molar-refractivity contribution is 5.82. The maximum absolute atomic E-state index is 14.4. The predicted octanol–water partition coefficient (Wildman–Crippen LogP) is 3.63. The molecule has 148 valence electrons. The number of hydrogen-bond acceptors (Lipinski definition) is 6. The van der Waals surface area contributed by atoms with E-state index in [9.17, 15) is 13.6 Å². The van der Waals surface area contributed by atoms with Gasteiger partial charge in [-0.3, -0.25) is 14.8 Å². The van der Waals surface area contributed by atoms with Crippen LogP contribution in [0.3, 0.4) is 0 Å². The maximum atomic E-state index is 14.4. The van der Waals surface area contributed by atoms with Crippen LogP contribution in [-0.2, 0) is 17.6 Å². The number of rotatable bonds is 6. The van der Waals surface area contributed by atoms with Crippen LogP contribution < -0.4 is 0 Å². The molecule has 0 aliphatic carbocycles. The van der Waals surface area contributed by atoms with Gasteiger partial charge in [0.05, 0.1) is 5.69 Å². The van der Waals surface area contributed by atoms with Crippen LogP contribution in [0.15, 0.2) is 67.3 Å². The molecule has 4 aromatic heterocycles. The molecule has 0 spiro atoms. The van der Waals surface area contributed by atoms with Crippen molar-refractivity contribution in [3.05, 3.63) is 90.3 Å². The summed E-state index contributed by atoms with van der Waals surface area (Å²) >= 11 is 0. The minimum atomic E-state index is -0.717. The van der Waals surface area contributed by atoms with E-state index in [4.69, 9.17) is 0 Å². The van der Waals surface area contributed by atoms with Crippen molar-refractivity contribution in [2.24, 2.45) is 0 Å². The molecule has 30 heavy (non-hydrogen) atoms. The van der Waals surface area contributed by atoms with Crippen molar-refractivity contribution in [3.63, 3.8) is 0 Å². The molecule has 4 heterocycles. The summed E-state index contributed by atoms with van der Waals surface area (Å²) in [5.41, 5.74) is 2.82. The van der Waals surface area contributed by atoms with Crippen molar-refractivity contribution < 1.29 is 13.6 Å². The first-order chi connectivity index (χ1) is 14.6. The number of ketones is 1. The van der Waals surface area contributed by atoms with Gasteiger partial charge in [-0.05, 0) is 42.0 Å². The van der Waals surface area contributed by atoms with E-state index in [1.807, 2.05) is 12.1 Å². The molecular formula is C22H15F2N5O. The normalized spacial score (nSPS) is 10.7. The van der Waals surface area contributed by atoms with E-state index in [2.05, 4.69) is 25.1 Å². The molecule has 0 N–H and O–H groups in total. The third kappa shape index (κ3) is 4.54. The zero-order valence-electron chi connectivity index (χ0n) is 15.7. The predicted molar refractivity (Wildman–Crippen MR) is 105 cm³/mol. The summed E-state index contributed by atoms with van der Waals surface area (Å²) in [6.07, 6.45) is 6.01. The second-order valence-electron chi connectivity index (χ2n) is 6.58. The fraction of sp³-hybridized carbons (Fsp3) is 0.0909. The highest BCUT2D eigenvalue weighted by atomic mass is 19.1. The molecule has 0 atom stereocenters. The molecule has 6 nitrogen and oxygen atoms in total. The molecule has 4 aromatic rings. The van der Waals surface area contributed by atoms with Gasteiger partial charge in [0.25, 0.3) is 0 Å². The highest BCUT2D eigenvalue weighted by Gasteiger charge is 2.12. The van der Waals surface area contributed by atoms with Crippen molar-refractivity contribution in [1.29, 1.82) is 0 Å². The van der Waals surface area contributed by atoms with Gasteiger partial charge in [-0.1, -0.05) is 0 Å². The first kappa shape index (κ1) is 19.4. The molecule has 0 unspecified atom stereocenters. The Labute approximate surface area is 170 Å². The van der Waals surface area contributed by atoms with Crippen LogP contribution >= 0.6 is 0 Å². The summed E-state index contributed by atoms with van der Waals surface area (Å²) in [4.78, 5) is 24.2. The van der Waals surface area contributed by atoms with Crippen LogP contribution in [0.2, 0.25) is 0 Å². The van der Waals surface area contributed by atoms with Gasteiger partial charge in [0.2, 0.25) is 5.95 Å². The highest BCUT2D eigenvalue weighted by Crippen LogP contribution is 2.21. The number of Topliss-reactive ketones (excluding diaryl/α,β-unsaturated/α-hetero) is 1. The van der Waals surface area contributed by atoms with Gasteiger partial charge in [-0.25, -0.2) is 9.37 Å². The Morgan fingerprint density at radius 2 is 1.77 bits per heavy atom. The summed E-state index contributed by atoms with van der Waals surface area (Å²) in [5.74, 6) is -1.47. The van der Waals surface area contributed by atoms with E-state index in [0.29, 0.717) is 17.0 Å². The first-order valence-electron chi connectivity index (χ1n) is 9.09. The molecule has 0 fully saturated rings. The smallest absolute Gasteiger partial charge is 0.213 e. The molecule has 0 amide bonds. The molecule has 0 saturated heterocycles. The van der Waals surface area contributed by atoms with Crippen LogP contribution in [0, 0.1) is 11.8 Å². The maximum Gasteiger partial charge on any atom is 0.213 e. The van der Waals surface area contributed by atoms with E-state index in [1.165, 1.54) is 24.5 Å². The third-order valence-corrected chi connectivity index (χ3v) is 4.37. The Morgan fingerprint density at radius 1 is 0.867 bits per heavy atom. The number of carbonyl (C=O) groups excluding carboxylic acids is 1.